The van der Waals surface area contributed by atoms with Crippen LogP contribution >= 0.6 is 0 Å². The third-order valence-electron chi connectivity index (χ3n) is 3.39. The van der Waals surface area contributed by atoms with Gasteiger partial charge in [0.15, 0.2) is 0 Å². The smallest absolute Gasteiger partial charge is 0.314 e. The van der Waals surface area contributed by atoms with Gasteiger partial charge in [0, 0.05) is 25.4 Å². The molecule has 6 nitrogen and oxygen atoms in total. The Morgan fingerprint density at radius 1 is 1.61 bits per heavy atom. The molecular formula is C12H17N3O3. The van der Waals surface area contributed by atoms with Gasteiger partial charge < -0.3 is 10.0 Å². The number of aromatic nitrogens is 1. The van der Waals surface area contributed by atoms with E-state index in [1.54, 1.807) is 26.2 Å². The molecule has 1 aliphatic carbocycles. The molecule has 1 aliphatic rings. The summed E-state index contributed by atoms with van der Waals surface area (Å²) in [4.78, 5) is 16.6. The molecule has 1 aromatic heterocycles. The van der Waals surface area contributed by atoms with Crippen LogP contribution in [-0.2, 0) is 0 Å². The molecule has 0 aromatic carbocycles. The highest BCUT2D eigenvalue weighted by molar-refractivity contribution is 5.61. The van der Waals surface area contributed by atoms with Crippen molar-refractivity contribution in [3.8, 4) is 0 Å². The molecule has 1 heterocycles. The van der Waals surface area contributed by atoms with Crippen LogP contribution < -0.4 is 4.90 Å². The highest BCUT2D eigenvalue weighted by Crippen LogP contribution is 2.32. The summed E-state index contributed by atoms with van der Waals surface area (Å²) in [7, 11) is 1.81. The molecule has 6 heteroatoms. The van der Waals surface area contributed by atoms with E-state index in [4.69, 9.17) is 0 Å². The Balaban J connectivity index is 2.16. The average Bonchev–Trinajstić information content (AvgIpc) is 2.26. The van der Waals surface area contributed by atoms with Crippen molar-refractivity contribution in [1.29, 1.82) is 0 Å². The lowest BCUT2D eigenvalue weighted by Gasteiger charge is -2.34. The fraction of sp³-hybridized carbons (Fsp3) is 0.583. The van der Waals surface area contributed by atoms with E-state index in [1.807, 2.05) is 4.90 Å². The summed E-state index contributed by atoms with van der Waals surface area (Å²) in [5.74, 6) is 0.799. The Morgan fingerprint density at radius 3 is 2.83 bits per heavy atom. The predicted molar refractivity (Wildman–Crippen MR) is 67.6 cm³/mol. The molecule has 0 saturated heterocycles. The molecule has 1 N–H and O–H groups in total. The second-order valence-corrected chi connectivity index (χ2v) is 4.93. The minimum absolute atomic E-state index is 0.0693. The van der Waals surface area contributed by atoms with Gasteiger partial charge in [-0.15, -0.1) is 0 Å². The van der Waals surface area contributed by atoms with Crippen molar-refractivity contribution >= 4 is 11.5 Å². The molecule has 0 aliphatic heterocycles. The lowest BCUT2D eigenvalue weighted by atomic mass is 9.82. The van der Waals surface area contributed by atoms with Gasteiger partial charge in [-0.05, 0) is 31.7 Å². The van der Waals surface area contributed by atoms with Gasteiger partial charge >= 0.3 is 5.69 Å². The van der Waals surface area contributed by atoms with Crippen LogP contribution in [0.15, 0.2) is 12.3 Å². The predicted octanol–water partition coefficient (Wildman–Crippen LogP) is 1.51. The molecule has 0 atom stereocenters. The fourth-order valence-electron chi connectivity index (χ4n) is 2.36. The van der Waals surface area contributed by atoms with Crippen LogP contribution in [0.3, 0.4) is 0 Å². The molecule has 98 valence electrons. The van der Waals surface area contributed by atoms with Crippen molar-refractivity contribution in [2.24, 2.45) is 5.92 Å². The van der Waals surface area contributed by atoms with Crippen LogP contribution in [0.4, 0.5) is 11.5 Å². The normalized spacial score (nSPS) is 22.4. The third kappa shape index (κ3) is 2.43. The zero-order valence-corrected chi connectivity index (χ0v) is 10.5. The standard InChI is InChI=1S/C12H17N3O3/c1-8-3-4-13-12(11(8)15(17)18)14(2)7-9-5-10(16)6-9/h3-4,9-10,16H,5-7H2,1-2H3. The van der Waals surface area contributed by atoms with Gasteiger partial charge in [0.25, 0.3) is 0 Å². The van der Waals surface area contributed by atoms with E-state index >= 15 is 0 Å². The van der Waals surface area contributed by atoms with Crippen LogP contribution in [-0.4, -0.2) is 34.7 Å². The van der Waals surface area contributed by atoms with Crippen LogP contribution in [0.25, 0.3) is 0 Å². The molecule has 0 bridgehead atoms. The van der Waals surface area contributed by atoms with Crippen molar-refractivity contribution in [2.75, 3.05) is 18.5 Å². The Kier molecular flexibility index (Phi) is 3.47. The summed E-state index contributed by atoms with van der Waals surface area (Å²) in [5.41, 5.74) is 0.686. The number of pyridine rings is 1. The average molecular weight is 251 g/mol. The molecule has 0 unspecified atom stereocenters. The quantitative estimate of drug-likeness (QED) is 0.648. The molecule has 18 heavy (non-hydrogen) atoms. The summed E-state index contributed by atoms with van der Waals surface area (Å²) in [6, 6.07) is 1.64. The minimum atomic E-state index is -0.385. The summed E-state index contributed by atoms with van der Waals surface area (Å²) in [5, 5.41) is 20.3. The first-order valence-electron chi connectivity index (χ1n) is 5.98. The Hall–Kier alpha value is -1.69. The number of hydrogen-bond donors (Lipinski definition) is 1. The van der Waals surface area contributed by atoms with Gasteiger partial charge in [0.2, 0.25) is 5.82 Å². The number of aryl methyl sites for hydroxylation is 1. The number of aliphatic hydroxyl groups excluding tert-OH is 1. The van der Waals surface area contributed by atoms with E-state index in [0.29, 0.717) is 23.8 Å². The molecule has 1 fully saturated rings. The van der Waals surface area contributed by atoms with Crippen LogP contribution in [0.2, 0.25) is 0 Å². The molecule has 0 amide bonds. The van der Waals surface area contributed by atoms with Crippen LogP contribution in [0, 0.1) is 23.0 Å². The lowest BCUT2D eigenvalue weighted by Crippen LogP contribution is -2.37. The van der Waals surface area contributed by atoms with Gasteiger partial charge in [-0.25, -0.2) is 4.98 Å². The first kappa shape index (κ1) is 12.8. The lowest BCUT2D eigenvalue weighted by molar-refractivity contribution is -0.384. The Labute approximate surface area is 105 Å². The topological polar surface area (TPSA) is 79.5 Å². The third-order valence-corrected chi connectivity index (χ3v) is 3.39. The van der Waals surface area contributed by atoms with E-state index in [1.165, 1.54) is 0 Å². The Morgan fingerprint density at radius 2 is 2.28 bits per heavy atom. The van der Waals surface area contributed by atoms with E-state index < -0.39 is 0 Å². The fourth-order valence-corrected chi connectivity index (χ4v) is 2.36. The van der Waals surface area contributed by atoms with E-state index in [-0.39, 0.29) is 16.7 Å². The summed E-state index contributed by atoms with van der Waals surface area (Å²) in [6.07, 6.45) is 2.92. The number of rotatable bonds is 4. The minimum Gasteiger partial charge on any atom is -0.393 e. The first-order chi connectivity index (χ1) is 8.49. The number of nitrogens with zero attached hydrogens (tertiary/aromatic N) is 3. The largest absolute Gasteiger partial charge is 0.393 e. The van der Waals surface area contributed by atoms with Gasteiger partial charge in [-0.3, -0.25) is 10.1 Å². The number of anilines is 1. The molecular weight excluding hydrogens is 234 g/mol. The van der Waals surface area contributed by atoms with Crippen molar-refractivity contribution < 1.29 is 10.0 Å². The van der Waals surface area contributed by atoms with Crippen molar-refractivity contribution in [3.05, 3.63) is 27.9 Å². The summed E-state index contributed by atoms with van der Waals surface area (Å²) in [6.45, 7) is 2.40. The first-order valence-corrected chi connectivity index (χ1v) is 5.98. The molecule has 2 rings (SSSR count). The SMILES string of the molecule is Cc1ccnc(N(C)CC2CC(O)C2)c1[N+](=O)[O-]. The van der Waals surface area contributed by atoms with Crippen molar-refractivity contribution in [3.63, 3.8) is 0 Å². The number of hydrogen-bond acceptors (Lipinski definition) is 5. The summed E-state index contributed by atoms with van der Waals surface area (Å²) < 4.78 is 0. The number of nitro groups is 1. The van der Waals surface area contributed by atoms with E-state index in [2.05, 4.69) is 4.98 Å². The zero-order valence-electron chi connectivity index (χ0n) is 10.5. The number of aliphatic hydroxyl groups is 1. The maximum absolute atomic E-state index is 11.1. The monoisotopic (exact) mass is 251 g/mol. The Bertz CT molecular complexity index is 458. The maximum atomic E-state index is 11.1. The molecule has 1 aromatic rings. The van der Waals surface area contributed by atoms with E-state index in [0.717, 1.165) is 12.8 Å². The highest BCUT2D eigenvalue weighted by atomic mass is 16.6. The highest BCUT2D eigenvalue weighted by Gasteiger charge is 2.30. The molecule has 1 saturated carbocycles. The van der Waals surface area contributed by atoms with Gasteiger partial charge in [0.1, 0.15) is 0 Å². The van der Waals surface area contributed by atoms with E-state index in [9.17, 15) is 15.2 Å². The molecule has 0 spiro atoms. The second kappa shape index (κ2) is 4.89. The maximum Gasteiger partial charge on any atom is 0.314 e. The summed E-state index contributed by atoms with van der Waals surface area (Å²) >= 11 is 0. The second-order valence-electron chi connectivity index (χ2n) is 4.93. The van der Waals surface area contributed by atoms with Crippen LogP contribution in [0.1, 0.15) is 18.4 Å². The van der Waals surface area contributed by atoms with Gasteiger partial charge in [0.05, 0.1) is 11.0 Å². The molecule has 0 radical (unpaired) electrons. The van der Waals surface area contributed by atoms with Gasteiger partial charge in [-0.1, -0.05) is 0 Å². The van der Waals surface area contributed by atoms with Gasteiger partial charge in [-0.2, -0.15) is 0 Å². The van der Waals surface area contributed by atoms with Crippen molar-refractivity contribution in [1.82, 2.24) is 4.98 Å². The van der Waals surface area contributed by atoms with Crippen LogP contribution in [0.5, 0.6) is 0 Å². The van der Waals surface area contributed by atoms with Crippen molar-refractivity contribution in [2.45, 2.75) is 25.9 Å². The zero-order chi connectivity index (χ0) is 13.3.